The molecule has 0 spiro atoms. The maximum atomic E-state index is 12.0. The van der Waals surface area contributed by atoms with Crippen molar-refractivity contribution in [1.29, 1.82) is 0 Å². The van der Waals surface area contributed by atoms with Gasteiger partial charge in [0.25, 0.3) is 5.56 Å². The van der Waals surface area contributed by atoms with Crippen LogP contribution in [0.5, 0.6) is 0 Å². The van der Waals surface area contributed by atoms with Crippen molar-refractivity contribution in [2.45, 2.75) is 5.16 Å². The van der Waals surface area contributed by atoms with Gasteiger partial charge in [0, 0.05) is 5.75 Å². The average molecular weight is 220 g/mol. The molecule has 1 aromatic carbocycles. The van der Waals surface area contributed by atoms with Crippen molar-refractivity contribution in [3.63, 3.8) is 0 Å². The van der Waals surface area contributed by atoms with Crippen molar-refractivity contribution in [3.05, 3.63) is 34.6 Å². The largest absolute Gasteiger partial charge is 0.407 e. The molecule has 0 aliphatic carbocycles. The number of hydrogen-bond acceptors (Lipinski definition) is 4. The number of benzene rings is 1. The fourth-order valence-corrected chi connectivity index (χ4v) is 2.32. The van der Waals surface area contributed by atoms with E-state index in [9.17, 15) is 4.79 Å². The van der Waals surface area contributed by atoms with Crippen LogP contribution in [0.3, 0.4) is 0 Å². The van der Waals surface area contributed by atoms with E-state index in [1.807, 2.05) is 18.2 Å². The Balaban J connectivity index is 2.41. The number of thioether (sulfide) groups is 1. The van der Waals surface area contributed by atoms with E-state index in [4.69, 9.17) is 4.84 Å². The van der Waals surface area contributed by atoms with Gasteiger partial charge in [-0.3, -0.25) is 4.79 Å². The van der Waals surface area contributed by atoms with Gasteiger partial charge in [-0.2, -0.15) is 0 Å². The molecule has 0 saturated heterocycles. The average Bonchev–Trinajstić information content (AvgIpc) is 2.30. The molecule has 15 heavy (non-hydrogen) atoms. The van der Waals surface area contributed by atoms with Gasteiger partial charge in [-0.05, 0) is 12.1 Å². The number of fused-ring (bicyclic) bond motifs is 2. The first kappa shape index (κ1) is 8.79. The summed E-state index contributed by atoms with van der Waals surface area (Å²) in [4.78, 5) is 21.6. The summed E-state index contributed by atoms with van der Waals surface area (Å²) in [6.45, 7) is 0.553. The summed E-state index contributed by atoms with van der Waals surface area (Å²) in [6, 6.07) is 7.31. The first-order chi connectivity index (χ1) is 7.36. The lowest BCUT2D eigenvalue weighted by Crippen LogP contribution is -2.33. The van der Waals surface area contributed by atoms with E-state index in [0.717, 1.165) is 11.3 Å². The fourth-order valence-electron chi connectivity index (χ4n) is 1.56. The molecule has 4 nitrogen and oxygen atoms in total. The highest BCUT2D eigenvalue weighted by Gasteiger charge is 2.15. The van der Waals surface area contributed by atoms with E-state index in [0.29, 0.717) is 17.1 Å². The Kier molecular flexibility index (Phi) is 1.92. The third-order valence-corrected chi connectivity index (χ3v) is 3.13. The molecule has 0 bridgehead atoms. The van der Waals surface area contributed by atoms with Crippen LogP contribution in [-0.2, 0) is 0 Å². The van der Waals surface area contributed by atoms with Crippen LogP contribution in [-0.4, -0.2) is 22.1 Å². The van der Waals surface area contributed by atoms with Crippen LogP contribution < -0.4 is 10.4 Å². The predicted molar refractivity (Wildman–Crippen MR) is 58.2 cm³/mol. The lowest BCUT2D eigenvalue weighted by Gasteiger charge is -2.17. The van der Waals surface area contributed by atoms with Gasteiger partial charge in [0.2, 0.25) is 5.16 Å². The van der Waals surface area contributed by atoms with Crippen molar-refractivity contribution in [3.8, 4) is 0 Å². The number of rotatable bonds is 0. The Morgan fingerprint density at radius 2 is 2.27 bits per heavy atom. The minimum absolute atomic E-state index is 0.122. The Hall–Kier alpha value is -1.49. The van der Waals surface area contributed by atoms with Crippen LogP contribution in [0.4, 0.5) is 0 Å². The Morgan fingerprint density at radius 1 is 1.40 bits per heavy atom. The van der Waals surface area contributed by atoms with Crippen molar-refractivity contribution in [1.82, 2.24) is 9.71 Å². The normalized spacial score (nSPS) is 14.7. The summed E-state index contributed by atoms with van der Waals surface area (Å²) in [7, 11) is 0. The summed E-state index contributed by atoms with van der Waals surface area (Å²) >= 11 is 1.54. The van der Waals surface area contributed by atoms with E-state index in [-0.39, 0.29) is 5.56 Å². The molecule has 5 heteroatoms. The molecule has 0 amide bonds. The number of nitrogens with zero attached hydrogens (tertiary/aromatic N) is 2. The fraction of sp³-hybridized carbons (Fsp3) is 0.200. The lowest BCUT2D eigenvalue weighted by molar-refractivity contribution is 0.0861. The second-order valence-electron chi connectivity index (χ2n) is 3.19. The molecule has 0 saturated carbocycles. The molecular weight excluding hydrogens is 212 g/mol. The highest BCUT2D eigenvalue weighted by Crippen LogP contribution is 2.18. The quantitative estimate of drug-likeness (QED) is 0.619. The van der Waals surface area contributed by atoms with Crippen molar-refractivity contribution in [2.24, 2.45) is 0 Å². The molecule has 0 unspecified atom stereocenters. The third kappa shape index (κ3) is 1.31. The second-order valence-corrected chi connectivity index (χ2v) is 4.25. The van der Waals surface area contributed by atoms with Crippen molar-refractivity contribution < 1.29 is 4.84 Å². The highest BCUT2D eigenvalue weighted by molar-refractivity contribution is 7.99. The third-order valence-electron chi connectivity index (χ3n) is 2.24. The second kappa shape index (κ2) is 3.27. The predicted octanol–water partition coefficient (Wildman–Crippen LogP) is 0.931. The Labute approximate surface area is 89.8 Å². The summed E-state index contributed by atoms with van der Waals surface area (Å²) < 4.78 is 1.29. The van der Waals surface area contributed by atoms with Crippen LogP contribution >= 0.6 is 11.8 Å². The molecule has 0 fully saturated rings. The van der Waals surface area contributed by atoms with Crippen LogP contribution in [0.25, 0.3) is 10.9 Å². The minimum atomic E-state index is -0.122. The van der Waals surface area contributed by atoms with Crippen LogP contribution in [0.1, 0.15) is 0 Å². The zero-order chi connectivity index (χ0) is 10.3. The molecular formula is C10H8N2O2S. The van der Waals surface area contributed by atoms with Crippen molar-refractivity contribution >= 4 is 22.7 Å². The first-order valence-corrected chi connectivity index (χ1v) is 5.63. The van der Waals surface area contributed by atoms with Gasteiger partial charge in [-0.25, -0.2) is 4.98 Å². The monoisotopic (exact) mass is 220 g/mol. The maximum absolute atomic E-state index is 12.0. The highest BCUT2D eigenvalue weighted by atomic mass is 32.2. The molecule has 1 aliphatic rings. The van der Waals surface area contributed by atoms with Gasteiger partial charge in [0.1, 0.15) is 6.61 Å². The Bertz CT molecular complexity index is 579. The number of para-hydroxylation sites is 1. The topological polar surface area (TPSA) is 44.1 Å². The van der Waals surface area contributed by atoms with E-state index >= 15 is 0 Å². The van der Waals surface area contributed by atoms with Crippen LogP contribution in [0.2, 0.25) is 0 Å². The van der Waals surface area contributed by atoms with Gasteiger partial charge in [0.05, 0.1) is 10.9 Å². The smallest absolute Gasteiger partial charge is 0.295 e. The SMILES string of the molecule is O=c1c2ccccc2nc2n1OCCS2. The van der Waals surface area contributed by atoms with E-state index in [2.05, 4.69) is 4.98 Å². The molecule has 3 rings (SSSR count). The number of aromatic nitrogens is 2. The van der Waals surface area contributed by atoms with Crippen LogP contribution in [0.15, 0.2) is 34.2 Å². The standard InChI is InChI=1S/C10H8N2O2S/c13-9-7-3-1-2-4-8(7)11-10-12(9)14-5-6-15-10/h1-4H,5-6H2. The summed E-state index contributed by atoms with van der Waals surface area (Å²) in [5, 5.41) is 1.24. The van der Waals surface area contributed by atoms with Gasteiger partial charge >= 0.3 is 0 Å². The maximum Gasteiger partial charge on any atom is 0.295 e. The van der Waals surface area contributed by atoms with E-state index in [1.54, 1.807) is 17.8 Å². The summed E-state index contributed by atoms with van der Waals surface area (Å²) in [6.07, 6.45) is 0. The molecule has 0 N–H and O–H groups in total. The van der Waals surface area contributed by atoms with E-state index < -0.39 is 0 Å². The van der Waals surface area contributed by atoms with Gasteiger partial charge in [-0.15, -0.1) is 4.73 Å². The lowest BCUT2D eigenvalue weighted by atomic mass is 10.2. The summed E-state index contributed by atoms with van der Waals surface area (Å²) in [5.41, 5.74) is 0.606. The molecule has 0 radical (unpaired) electrons. The van der Waals surface area contributed by atoms with Gasteiger partial charge < -0.3 is 4.84 Å². The Morgan fingerprint density at radius 3 is 3.20 bits per heavy atom. The molecule has 2 heterocycles. The minimum Gasteiger partial charge on any atom is -0.407 e. The van der Waals surface area contributed by atoms with Crippen LogP contribution in [0, 0.1) is 0 Å². The van der Waals surface area contributed by atoms with Crippen molar-refractivity contribution in [2.75, 3.05) is 12.4 Å². The molecule has 0 atom stereocenters. The molecule has 1 aliphatic heterocycles. The van der Waals surface area contributed by atoms with Gasteiger partial charge in [-0.1, -0.05) is 23.9 Å². The zero-order valence-corrected chi connectivity index (χ0v) is 8.66. The first-order valence-electron chi connectivity index (χ1n) is 4.64. The summed E-state index contributed by atoms with van der Waals surface area (Å²) in [5.74, 6) is 0.838. The molecule has 76 valence electrons. The van der Waals surface area contributed by atoms with E-state index in [1.165, 1.54) is 4.73 Å². The van der Waals surface area contributed by atoms with Gasteiger partial charge in [0.15, 0.2) is 0 Å². The number of hydrogen-bond donors (Lipinski definition) is 0. The molecule has 2 aromatic rings. The zero-order valence-electron chi connectivity index (χ0n) is 7.84. The molecule has 1 aromatic heterocycles.